The maximum absolute atomic E-state index is 14.0. The van der Waals surface area contributed by atoms with E-state index in [0.29, 0.717) is 5.92 Å². The van der Waals surface area contributed by atoms with Crippen LogP contribution in [-0.4, -0.2) is 59.3 Å². The number of carbonyl (C=O) groups excluding carboxylic acids is 1. The van der Waals surface area contributed by atoms with Crippen LogP contribution >= 0.6 is 0 Å². The monoisotopic (exact) mass is 535 g/mol. The van der Waals surface area contributed by atoms with Crippen molar-refractivity contribution < 1.29 is 30.9 Å². The zero-order valence-corrected chi connectivity index (χ0v) is 23.0. The van der Waals surface area contributed by atoms with E-state index >= 15 is 0 Å². The Balaban J connectivity index is 0.00000294. The quantitative estimate of drug-likeness (QED) is 0.343. The molecule has 0 spiro atoms. The van der Waals surface area contributed by atoms with E-state index in [9.17, 15) is 4.79 Å². The van der Waals surface area contributed by atoms with Gasteiger partial charge in [0.15, 0.2) is 11.9 Å². The second-order valence-electron chi connectivity index (χ2n) is 11.4. The van der Waals surface area contributed by atoms with Gasteiger partial charge >= 0.3 is 5.97 Å². The van der Waals surface area contributed by atoms with Crippen LogP contribution in [-0.2, 0) is 21.6 Å². The molecular weight excluding hydrogens is 498 g/mol. The molecule has 2 aromatic carbocycles. The fourth-order valence-corrected chi connectivity index (χ4v) is 6.83. The Kier molecular flexibility index (Phi) is 7.94. The second-order valence-corrected chi connectivity index (χ2v) is 11.4. The van der Waals surface area contributed by atoms with Gasteiger partial charge in [-0.25, -0.2) is 4.79 Å². The zero-order valence-electron chi connectivity index (χ0n) is 22.2. The van der Waals surface area contributed by atoms with Gasteiger partial charge in [-0.05, 0) is 38.4 Å². The van der Waals surface area contributed by atoms with Crippen LogP contribution < -0.4 is 12.4 Å². The molecule has 4 aliphatic heterocycles. The molecule has 4 fully saturated rings. The zero-order chi connectivity index (χ0) is 25.3. The van der Waals surface area contributed by atoms with Crippen molar-refractivity contribution >= 4 is 5.97 Å². The average Bonchev–Trinajstić information content (AvgIpc) is 3.42. The van der Waals surface area contributed by atoms with Gasteiger partial charge in [0.05, 0.1) is 13.1 Å². The van der Waals surface area contributed by atoms with Crippen LogP contribution in [0.3, 0.4) is 0 Å². The van der Waals surface area contributed by atoms with Crippen LogP contribution in [0.2, 0.25) is 0 Å². The number of nitrogens with zero attached hydrogens (tertiary/aromatic N) is 3. The van der Waals surface area contributed by atoms with Gasteiger partial charge in [0.2, 0.25) is 0 Å². The number of aromatic nitrogens is 1. The van der Waals surface area contributed by atoms with Gasteiger partial charge in [-0.2, -0.15) is 0 Å². The highest BCUT2D eigenvalue weighted by molar-refractivity contribution is 5.82. The number of esters is 1. The summed E-state index contributed by atoms with van der Waals surface area (Å²) in [6.07, 6.45) is 5.62. The van der Waals surface area contributed by atoms with E-state index in [-0.39, 0.29) is 24.5 Å². The maximum Gasteiger partial charge on any atom is 0.331 e. The van der Waals surface area contributed by atoms with Crippen LogP contribution in [0.15, 0.2) is 71.3 Å². The smallest absolute Gasteiger partial charge is 0.331 e. The number of benzene rings is 2. The van der Waals surface area contributed by atoms with Gasteiger partial charge in [-0.3, -0.25) is 4.90 Å². The predicted octanol–water partition coefficient (Wildman–Crippen LogP) is 2.40. The van der Waals surface area contributed by atoms with E-state index in [1.165, 1.54) is 6.42 Å². The average molecular weight is 536 g/mol. The third kappa shape index (κ3) is 5.14. The fraction of sp³-hybridized carbons (Fsp3) is 0.484. The number of hydrogen-bond donors (Lipinski definition) is 0. The molecule has 1 aromatic heterocycles. The highest BCUT2D eigenvalue weighted by atomic mass is 35.5. The number of quaternary nitrogens is 1. The molecule has 2 bridgehead atoms. The lowest BCUT2D eigenvalue weighted by Gasteiger charge is -2.52. The van der Waals surface area contributed by atoms with Crippen LogP contribution in [0.1, 0.15) is 50.3 Å². The van der Waals surface area contributed by atoms with Crippen molar-refractivity contribution in [1.29, 1.82) is 0 Å². The molecule has 6 nitrogen and oxygen atoms in total. The molecule has 0 aliphatic carbocycles. The van der Waals surface area contributed by atoms with Crippen molar-refractivity contribution in [3.8, 4) is 11.3 Å². The van der Waals surface area contributed by atoms with Gasteiger partial charge in [0.25, 0.3) is 0 Å². The maximum atomic E-state index is 14.0. The molecule has 202 valence electrons. The molecule has 4 aliphatic rings. The Hall–Kier alpha value is -2.67. The second kappa shape index (κ2) is 11.2. The van der Waals surface area contributed by atoms with Crippen molar-refractivity contribution in [2.75, 3.05) is 32.7 Å². The lowest BCUT2D eigenvalue weighted by atomic mass is 9.82. The summed E-state index contributed by atoms with van der Waals surface area (Å²) < 4.78 is 13.1. The van der Waals surface area contributed by atoms with Gasteiger partial charge < -0.3 is 26.2 Å². The molecule has 3 aromatic rings. The molecule has 7 rings (SSSR count). The van der Waals surface area contributed by atoms with Gasteiger partial charge in [0.1, 0.15) is 24.3 Å². The molecule has 38 heavy (non-hydrogen) atoms. The summed E-state index contributed by atoms with van der Waals surface area (Å²) in [6.45, 7) is 7.83. The van der Waals surface area contributed by atoms with Crippen molar-refractivity contribution in [2.45, 2.75) is 57.2 Å². The number of likely N-dealkylation sites (tertiary alicyclic amines) is 1. The van der Waals surface area contributed by atoms with E-state index in [2.05, 4.69) is 35.2 Å². The third-order valence-electron chi connectivity index (χ3n) is 9.14. The van der Waals surface area contributed by atoms with Gasteiger partial charge in [0, 0.05) is 30.4 Å². The summed E-state index contributed by atoms with van der Waals surface area (Å²) in [5, 5.41) is 4.42. The minimum absolute atomic E-state index is 0. The van der Waals surface area contributed by atoms with Crippen LogP contribution in [0, 0.1) is 5.92 Å². The predicted molar refractivity (Wildman–Crippen MR) is 142 cm³/mol. The molecule has 7 heteroatoms. The third-order valence-corrected chi connectivity index (χ3v) is 9.14. The Labute approximate surface area is 231 Å². The van der Waals surface area contributed by atoms with Gasteiger partial charge in [-0.15, -0.1) is 0 Å². The Morgan fingerprint density at radius 3 is 2.37 bits per heavy atom. The first-order valence-electron chi connectivity index (χ1n) is 13.9. The van der Waals surface area contributed by atoms with Crippen molar-refractivity contribution in [3.63, 3.8) is 0 Å². The van der Waals surface area contributed by atoms with Gasteiger partial charge in [-0.1, -0.05) is 72.2 Å². The molecule has 2 atom stereocenters. The largest absolute Gasteiger partial charge is 1.00 e. The first kappa shape index (κ1) is 26.9. The summed E-state index contributed by atoms with van der Waals surface area (Å²) >= 11 is 0. The molecule has 0 unspecified atom stereocenters. The number of ether oxygens (including phenoxy) is 1. The first-order chi connectivity index (χ1) is 18.1. The van der Waals surface area contributed by atoms with E-state index in [1.54, 1.807) is 0 Å². The standard InChI is InChI=1S/C31H38N3O3.ClH/c1-31(26-13-7-3-8-14-26,33-17-9-4-10-18-33)30(35)36-29-23-34(19-15-25(29)16-20-34)22-27-21-28(37-32-27)24-11-5-2-6-12-24;/h2-3,5-8,11-14,21,25,29H,4,9-10,15-20,22-23H2,1H3;1H/q+1;/p-1/t25?,29-,31+,34?;/m0./s1. The summed E-state index contributed by atoms with van der Waals surface area (Å²) in [4.78, 5) is 16.4. The van der Waals surface area contributed by atoms with Crippen molar-refractivity contribution in [1.82, 2.24) is 10.1 Å². The Morgan fingerprint density at radius 2 is 1.68 bits per heavy atom. The van der Waals surface area contributed by atoms with Crippen LogP contribution in [0.4, 0.5) is 0 Å². The van der Waals surface area contributed by atoms with E-state index in [4.69, 9.17) is 9.26 Å². The highest BCUT2D eigenvalue weighted by Crippen LogP contribution is 2.40. The Morgan fingerprint density at radius 1 is 1.03 bits per heavy atom. The number of carbonyl (C=O) groups is 1. The molecule has 4 saturated heterocycles. The SMILES string of the molecule is C[C@](C(=O)O[C@H]1C[N+]2(Cc3cc(-c4ccccc4)on3)CCC1CC2)(c1ccccc1)N1CCCCC1.[Cl-]. The van der Waals surface area contributed by atoms with E-state index in [0.717, 1.165) is 92.0 Å². The molecule has 0 radical (unpaired) electrons. The lowest BCUT2D eigenvalue weighted by Crippen LogP contribution is -3.00. The minimum Gasteiger partial charge on any atom is -1.00 e. The molecule has 0 amide bonds. The summed E-state index contributed by atoms with van der Waals surface area (Å²) in [6, 6.07) is 22.4. The number of rotatable bonds is 7. The summed E-state index contributed by atoms with van der Waals surface area (Å²) in [5.74, 6) is 1.16. The van der Waals surface area contributed by atoms with E-state index < -0.39 is 5.54 Å². The minimum atomic E-state index is -0.755. The normalized spacial score (nSPS) is 26.8. The molecule has 5 heterocycles. The molecule has 0 saturated carbocycles. The Bertz CT molecular complexity index is 1200. The van der Waals surface area contributed by atoms with Crippen molar-refractivity contribution in [2.24, 2.45) is 5.92 Å². The topological polar surface area (TPSA) is 55.6 Å². The summed E-state index contributed by atoms with van der Waals surface area (Å²) in [7, 11) is 0. The highest BCUT2D eigenvalue weighted by Gasteiger charge is 2.51. The summed E-state index contributed by atoms with van der Waals surface area (Å²) in [5.41, 5.74) is 2.30. The lowest BCUT2D eigenvalue weighted by molar-refractivity contribution is -0.958. The molecular formula is C31H38ClN3O3. The number of halogens is 1. The number of piperidine rings is 4. The number of hydrogen-bond acceptors (Lipinski definition) is 5. The first-order valence-corrected chi connectivity index (χ1v) is 13.9. The fourth-order valence-electron chi connectivity index (χ4n) is 6.83. The number of fused-ring (bicyclic) bond motifs is 3. The van der Waals surface area contributed by atoms with Crippen LogP contribution in [0.25, 0.3) is 11.3 Å². The van der Waals surface area contributed by atoms with Crippen LogP contribution in [0.5, 0.6) is 0 Å². The molecule has 0 N–H and O–H groups in total. The van der Waals surface area contributed by atoms with Crippen molar-refractivity contribution in [3.05, 3.63) is 78.0 Å². The van der Waals surface area contributed by atoms with E-state index in [1.807, 2.05) is 48.5 Å².